The first-order valence-corrected chi connectivity index (χ1v) is 10.8. The number of hydrogen-bond donors (Lipinski definition) is 2. The third kappa shape index (κ3) is 4.45. The number of aromatic nitrogens is 2. The van der Waals surface area contributed by atoms with Gasteiger partial charge in [-0.15, -0.1) is 0 Å². The minimum Gasteiger partial charge on any atom is -0.494 e. The van der Waals surface area contributed by atoms with Crippen molar-refractivity contribution in [3.8, 4) is 5.88 Å². The van der Waals surface area contributed by atoms with Crippen LogP contribution in [-0.4, -0.2) is 31.3 Å². The molecule has 4 aromatic rings. The van der Waals surface area contributed by atoms with Crippen molar-refractivity contribution in [2.45, 2.75) is 6.54 Å². The average molecular weight is 525 g/mol. The molecule has 7 nitrogen and oxygen atoms in total. The molecule has 0 bridgehead atoms. The molecule has 0 spiro atoms. The van der Waals surface area contributed by atoms with Crippen LogP contribution >= 0.6 is 46.4 Å². The smallest absolute Gasteiger partial charge is 0.318 e. The molecule has 0 fully saturated rings. The molecule has 0 unspecified atom stereocenters. The lowest BCUT2D eigenvalue weighted by Gasteiger charge is -2.09. The average Bonchev–Trinajstić information content (AvgIpc) is 3.03. The number of aromatic hydroxyl groups is 1. The molecule has 2 aromatic heterocycles. The first-order chi connectivity index (χ1) is 15.7. The maximum absolute atomic E-state index is 13.0. The van der Waals surface area contributed by atoms with Crippen LogP contribution in [-0.2, 0) is 11.3 Å². The van der Waals surface area contributed by atoms with Crippen LogP contribution in [0, 0.1) is 0 Å². The normalized spacial score (nSPS) is 11.0. The fourth-order valence-corrected chi connectivity index (χ4v) is 4.37. The van der Waals surface area contributed by atoms with Gasteiger partial charge in [-0.3, -0.25) is 9.59 Å². The first kappa shape index (κ1) is 23.2. The molecule has 0 radical (unpaired) electrons. The van der Waals surface area contributed by atoms with E-state index in [4.69, 9.17) is 46.4 Å². The van der Waals surface area contributed by atoms with Crippen LogP contribution in [0.4, 0.5) is 0 Å². The van der Waals surface area contributed by atoms with Crippen molar-refractivity contribution < 1.29 is 19.9 Å². The van der Waals surface area contributed by atoms with Crippen LogP contribution in [0.5, 0.6) is 5.88 Å². The Labute approximate surface area is 206 Å². The van der Waals surface area contributed by atoms with Crippen LogP contribution in [0.3, 0.4) is 0 Å². The number of hydrogen-bond acceptors (Lipinski definition) is 4. The Morgan fingerprint density at radius 3 is 2.27 bits per heavy atom. The molecule has 4 rings (SSSR count). The van der Waals surface area contributed by atoms with Crippen molar-refractivity contribution in [3.63, 3.8) is 0 Å². The molecule has 0 saturated carbocycles. The number of amides is 1. The SMILES string of the molecule is O=C(N=c1c(Cl)cn(O)cc1Cl)C(=O)c1c(O)n(Cc2ccc(Cl)cc2Cl)c2ccccc12. The second kappa shape index (κ2) is 9.11. The van der Waals surface area contributed by atoms with Gasteiger partial charge in [-0.05, 0) is 23.8 Å². The summed E-state index contributed by atoms with van der Waals surface area (Å²) in [6.07, 6.45) is 2.12. The monoisotopic (exact) mass is 523 g/mol. The van der Waals surface area contributed by atoms with Gasteiger partial charge in [0.15, 0.2) is 0 Å². The highest BCUT2D eigenvalue weighted by Crippen LogP contribution is 2.34. The maximum Gasteiger partial charge on any atom is 0.318 e. The number of carbonyl (C=O) groups excluding carboxylic acids is 2. The van der Waals surface area contributed by atoms with Gasteiger partial charge >= 0.3 is 5.91 Å². The highest BCUT2D eigenvalue weighted by Gasteiger charge is 2.27. The van der Waals surface area contributed by atoms with E-state index in [1.54, 1.807) is 42.5 Å². The third-order valence-electron chi connectivity index (χ3n) is 4.87. The van der Waals surface area contributed by atoms with Gasteiger partial charge in [-0.1, -0.05) is 70.7 Å². The summed E-state index contributed by atoms with van der Waals surface area (Å²) < 4.78 is 2.06. The lowest BCUT2D eigenvalue weighted by atomic mass is 10.1. The van der Waals surface area contributed by atoms with Gasteiger partial charge in [0.1, 0.15) is 5.36 Å². The summed E-state index contributed by atoms with van der Waals surface area (Å²) in [5, 5.41) is 21.1. The number of carbonyl (C=O) groups is 2. The zero-order chi connectivity index (χ0) is 23.9. The number of para-hydroxylation sites is 1. The second-order valence-electron chi connectivity index (χ2n) is 6.97. The summed E-state index contributed by atoms with van der Waals surface area (Å²) in [7, 11) is 0. The molecule has 0 aliphatic rings. The molecule has 11 heteroatoms. The summed E-state index contributed by atoms with van der Waals surface area (Å²) in [5.41, 5.74) is 0.936. The Balaban J connectivity index is 1.82. The van der Waals surface area contributed by atoms with Gasteiger partial charge in [0, 0.05) is 15.4 Å². The molecule has 1 amide bonds. The molecule has 33 heavy (non-hydrogen) atoms. The van der Waals surface area contributed by atoms with Gasteiger partial charge in [0.2, 0.25) is 5.88 Å². The van der Waals surface area contributed by atoms with E-state index in [-0.39, 0.29) is 27.5 Å². The molecule has 0 atom stereocenters. The number of pyridine rings is 1. The van der Waals surface area contributed by atoms with E-state index in [2.05, 4.69) is 4.99 Å². The molecular weight excluding hydrogens is 512 g/mol. The van der Waals surface area contributed by atoms with E-state index < -0.39 is 17.6 Å². The lowest BCUT2D eigenvalue weighted by Crippen LogP contribution is -2.18. The largest absolute Gasteiger partial charge is 0.494 e. The van der Waals surface area contributed by atoms with E-state index in [9.17, 15) is 19.9 Å². The Kier molecular flexibility index (Phi) is 6.41. The predicted octanol–water partition coefficient (Wildman–Crippen LogP) is 5.36. The topological polar surface area (TPSA) is 96.8 Å². The quantitative estimate of drug-likeness (QED) is 0.213. The van der Waals surface area contributed by atoms with Gasteiger partial charge in [-0.25, -0.2) is 4.99 Å². The highest BCUT2D eigenvalue weighted by molar-refractivity contribution is 6.46. The zero-order valence-corrected chi connectivity index (χ0v) is 19.5. The van der Waals surface area contributed by atoms with Crippen LogP contribution in [0.2, 0.25) is 20.1 Å². The molecular formula is C22H13Cl4N3O4. The Morgan fingerprint density at radius 1 is 0.939 bits per heavy atom. The van der Waals surface area contributed by atoms with Crippen LogP contribution in [0.25, 0.3) is 10.9 Å². The highest BCUT2D eigenvalue weighted by atomic mass is 35.5. The number of halogens is 4. The van der Waals surface area contributed by atoms with Crippen molar-refractivity contribution in [1.29, 1.82) is 0 Å². The second-order valence-corrected chi connectivity index (χ2v) is 8.62. The predicted molar refractivity (Wildman–Crippen MR) is 126 cm³/mol. The summed E-state index contributed by atoms with van der Waals surface area (Å²) >= 11 is 24.2. The number of fused-ring (bicyclic) bond motifs is 1. The van der Waals surface area contributed by atoms with Crippen molar-refractivity contribution in [1.82, 2.24) is 9.30 Å². The Hall–Kier alpha value is -2.97. The van der Waals surface area contributed by atoms with Gasteiger partial charge in [0.25, 0.3) is 5.78 Å². The van der Waals surface area contributed by atoms with Crippen LogP contribution in [0.15, 0.2) is 59.9 Å². The van der Waals surface area contributed by atoms with Crippen molar-refractivity contribution in [2.75, 3.05) is 0 Å². The van der Waals surface area contributed by atoms with Gasteiger partial charge in [-0.2, -0.15) is 4.73 Å². The molecule has 0 aliphatic heterocycles. The number of rotatable bonds is 4. The fraction of sp³-hybridized carbons (Fsp3) is 0.0455. The molecule has 0 aliphatic carbocycles. The minimum atomic E-state index is -1.20. The van der Waals surface area contributed by atoms with Crippen LogP contribution in [0.1, 0.15) is 15.9 Å². The molecule has 168 valence electrons. The summed E-state index contributed by atoms with van der Waals surface area (Å²) in [6.45, 7) is 0.119. The zero-order valence-electron chi connectivity index (χ0n) is 16.5. The first-order valence-electron chi connectivity index (χ1n) is 9.31. The van der Waals surface area contributed by atoms with Crippen molar-refractivity contribution in [3.05, 3.63) is 91.4 Å². The summed E-state index contributed by atoms with van der Waals surface area (Å²) in [5.74, 6) is -2.68. The fourth-order valence-electron chi connectivity index (χ4n) is 3.37. The molecule has 2 heterocycles. The van der Waals surface area contributed by atoms with E-state index in [0.717, 1.165) is 12.4 Å². The standard InChI is InChI=1S/C22H13Cl4N3O4/c23-12-6-5-11(14(24)7-12)8-29-17-4-2-1-3-13(17)18(22(29)32)20(30)21(31)27-19-15(25)9-28(33)10-16(19)26/h1-7,9-10,32-33H,8H2. The van der Waals surface area contributed by atoms with Crippen LogP contribution < -0.4 is 5.36 Å². The van der Waals surface area contributed by atoms with E-state index >= 15 is 0 Å². The third-order valence-corrected chi connectivity index (χ3v) is 6.01. The molecule has 2 N–H and O–H groups in total. The number of nitrogens with zero attached hydrogens (tertiary/aromatic N) is 3. The van der Waals surface area contributed by atoms with Crippen molar-refractivity contribution >= 4 is 69.0 Å². The van der Waals surface area contributed by atoms with E-state index in [0.29, 0.717) is 31.2 Å². The number of Topliss-reactive ketones (excluding diaryl/α,β-unsaturated/α-hetero) is 1. The maximum atomic E-state index is 13.0. The van der Waals surface area contributed by atoms with E-state index in [1.807, 2.05) is 0 Å². The summed E-state index contributed by atoms with van der Waals surface area (Å²) in [4.78, 5) is 29.5. The van der Waals surface area contributed by atoms with Gasteiger partial charge in [0.05, 0.1) is 40.1 Å². The minimum absolute atomic E-state index is 0.119. The Bertz CT molecular complexity index is 1480. The molecule has 0 saturated heterocycles. The van der Waals surface area contributed by atoms with Gasteiger partial charge < -0.3 is 14.9 Å². The molecule has 2 aromatic carbocycles. The number of ketones is 1. The van der Waals surface area contributed by atoms with Crippen molar-refractivity contribution in [2.24, 2.45) is 4.99 Å². The lowest BCUT2D eigenvalue weighted by molar-refractivity contribution is -0.114. The van der Waals surface area contributed by atoms with E-state index in [1.165, 1.54) is 4.57 Å². The number of benzene rings is 2. The Morgan fingerprint density at radius 2 is 1.61 bits per heavy atom. The summed E-state index contributed by atoms with van der Waals surface area (Å²) in [6, 6.07) is 11.6.